The predicted octanol–water partition coefficient (Wildman–Crippen LogP) is 2.21. The smallest absolute Gasteiger partial charge is 0.307 e. The summed E-state index contributed by atoms with van der Waals surface area (Å²) in [5, 5.41) is 11.5. The predicted molar refractivity (Wildman–Crippen MR) is 74.6 cm³/mol. The molecule has 0 spiro atoms. The SMILES string of the molecule is O=C(O)Cc1ccc(NC(=O)CC2CCCCO2)cc1. The number of amides is 1. The van der Waals surface area contributed by atoms with E-state index in [0.717, 1.165) is 25.9 Å². The van der Waals surface area contributed by atoms with Gasteiger partial charge in [-0.25, -0.2) is 0 Å². The van der Waals surface area contributed by atoms with Crippen molar-refractivity contribution in [1.82, 2.24) is 0 Å². The molecule has 20 heavy (non-hydrogen) atoms. The van der Waals surface area contributed by atoms with E-state index in [2.05, 4.69) is 5.32 Å². The summed E-state index contributed by atoms with van der Waals surface area (Å²) in [6.07, 6.45) is 3.51. The third-order valence-corrected chi connectivity index (χ3v) is 3.28. The normalized spacial score (nSPS) is 18.5. The van der Waals surface area contributed by atoms with Gasteiger partial charge in [-0.1, -0.05) is 12.1 Å². The van der Waals surface area contributed by atoms with E-state index in [1.54, 1.807) is 24.3 Å². The Labute approximate surface area is 117 Å². The minimum atomic E-state index is -0.865. The standard InChI is InChI=1S/C15H19NO4/c17-14(10-13-3-1-2-8-20-13)16-12-6-4-11(5-7-12)9-15(18)19/h4-7,13H,1-3,8-10H2,(H,16,17)(H,18,19). The molecule has 0 bridgehead atoms. The Bertz CT molecular complexity index is 463. The van der Waals surface area contributed by atoms with Crippen molar-refractivity contribution in [3.63, 3.8) is 0 Å². The fraction of sp³-hybridized carbons (Fsp3) is 0.467. The number of carbonyl (C=O) groups is 2. The van der Waals surface area contributed by atoms with Gasteiger partial charge in [0.2, 0.25) is 5.91 Å². The van der Waals surface area contributed by atoms with Gasteiger partial charge in [-0.15, -0.1) is 0 Å². The van der Waals surface area contributed by atoms with Crippen LogP contribution in [0.25, 0.3) is 0 Å². The molecule has 1 fully saturated rings. The van der Waals surface area contributed by atoms with Gasteiger partial charge >= 0.3 is 5.97 Å². The van der Waals surface area contributed by atoms with Crippen LogP contribution in [0, 0.1) is 0 Å². The van der Waals surface area contributed by atoms with Crippen LogP contribution >= 0.6 is 0 Å². The summed E-state index contributed by atoms with van der Waals surface area (Å²) in [4.78, 5) is 22.4. The number of hydrogen-bond donors (Lipinski definition) is 2. The van der Waals surface area contributed by atoms with Crippen LogP contribution in [-0.4, -0.2) is 29.7 Å². The Morgan fingerprint density at radius 1 is 1.25 bits per heavy atom. The third kappa shape index (κ3) is 4.66. The van der Waals surface area contributed by atoms with Gasteiger partial charge in [-0.2, -0.15) is 0 Å². The number of nitrogens with one attached hydrogen (secondary N) is 1. The fourth-order valence-electron chi connectivity index (χ4n) is 2.27. The zero-order valence-electron chi connectivity index (χ0n) is 11.3. The molecule has 1 heterocycles. The highest BCUT2D eigenvalue weighted by Gasteiger charge is 2.17. The number of aliphatic carboxylic acids is 1. The highest BCUT2D eigenvalue weighted by atomic mass is 16.5. The second-order valence-corrected chi connectivity index (χ2v) is 5.01. The van der Waals surface area contributed by atoms with E-state index >= 15 is 0 Å². The molecule has 1 amide bonds. The molecule has 1 saturated heterocycles. The van der Waals surface area contributed by atoms with E-state index in [1.807, 2.05) is 0 Å². The Hall–Kier alpha value is -1.88. The largest absolute Gasteiger partial charge is 0.481 e. The topological polar surface area (TPSA) is 75.6 Å². The van der Waals surface area contributed by atoms with Gasteiger partial charge in [0.15, 0.2) is 0 Å². The first-order chi connectivity index (χ1) is 9.63. The van der Waals surface area contributed by atoms with Gasteiger partial charge < -0.3 is 15.2 Å². The molecule has 5 heteroatoms. The summed E-state index contributed by atoms with van der Waals surface area (Å²) in [5.74, 6) is -0.931. The maximum absolute atomic E-state index is 11.9. The molecular formula is C15H19NO4. The highest BCUT2D eigenvalue weighted by Crippen LogP contribution is 2.17. The first-order valence-electron chi connectivity index (χ1n) is 6.85. The molecule has 1 aromatic rings. The van der Waals surface area contributed by atoms with Crippen molar-refractivity contribution in [1.29, 1.82) is 0 Å². The number of hydrogen-bond acceptors (Lipinski definition) is 3. The molecule has 0 saturated carbocycles. The lowest BCUT2D eigenvalue weighted by atomic mass is 10.1. The monoisotopic (exact) mass is 277 g/mol. The summed E-state index contributed by atoms with van der Waals surface area (Å²) < 4.78 is 5.52. The molecule has 1 aliphatic heterocycles. The summed E-state index contributed by atoms with van der Waals surface area (Å²) in [7, 11) is 0. The molecule has 0 aliphatic carbocycles. The third-order valence-electron chi connectivity index (χ3n) is 3.28. The van der Waals surface area contributed by atoms with Crippen LogP contribution in [0.4, 0.5) is 5.69 Å². The van der Waals surface area contributed by atoms with Crippen molar-refractivity contribution >= 4 is 17.6 Å². The average molecular weight is 277 g/mol. The first-order valence-corrected chi connectivity index (χ1v) is 6.85. The van der Waals surface area contributed by atoms with E-state index < -0.39 is 5.97 Å². The molecule has 2 rings (SSSR count). The van der Waals surface area contributed by atoms with Crippen LogP contribution in [0.3, 0.4) is 0 Å². The Balaban J connectivity index is 1.82. The van der Waals surface area contributed by atoms with Crippen LogP contribution in [0.1, 0.15) is 31.2 Å². The molecule has 1 unspecified atom stereocenters. The fourth-order valence-corrected chi connectivity index (χ4v) is 2.27. The molecule has 108 valence electrons. The van der Waals surface area contributed by atoms with Gasteiger partial charge in [-0.3, -0.25) is 9.59 Å². The van der Waals surface area contributed by atoms with Crippen molar-refractivity contribution in [2.45, 2.75) is 38.2 Å². The van der Waals surface area contributed by atoms with Crippen molar-refractivity contribution in [3.8, 4) is 0 Å². The van der Waals surface area contributed by atoms with E-state index in [0.29, 0.717) is 17.7 Å². The lowest BCUT2D eigenvalue weighted by Crippen LogP contribution is -2.25. The summed E-state index contributed by atoms with van der Waals surface area (Å²) in [5.41, 5.74) is 1.39. The number of rotatable bonds is 5. The first kappa shape index (κ1) is 14.5. The summed E-state index contributed by atoms with van der Waals surface area (Å²) >= 11 is 0. The molecule has 1 aliphatic rings. The Morgan fingerprint density at radius 3 is 2.60 bits per heavy atom. The molecule has 1 aromatic carbocycles. The second kappa shape index (κ2) is 7.05. The number of carboxylic acids is 1. The molecule has 0 radical (unpaired) electrons. The van der Waals surface area contributed by atoms with Gasteiger partial charge in [0.25, 0.3) is 0 Å². The van der Waals surface area contributed by atoms with E-state index in [4.69, 9.17) is 9.84 Å². The Kier molecular flexibility index (Phi) is 5.12. The van der Waals surface area contributed by atoms with Crippen LogP contribution in [0.15, 0.2) is 24.3 Å². The minimum Gasteiger partial charge on any atom is -0.481 e. The van der Waals surface area contributed by atoms with Crippen molar-refractivity contribution in [2.24, 2.45) is 0 Å². The Morgan fingerprint density at radius 2 is 2.00 bits per heavy atom. The van der Waals surface area contributed by atoms with Gasteiger partial charge in [-0.05, 0) is 37.0 Å². The molecule has 5 nitrogen and oxygen atoms in total. The van der Waals surface area contributed by atoms with Crippen molar-refractivity contribution < 1.29 is 19.4 Å². The number of anilines is 1. The number of carboxylic acid groups (broad SMARTS) is 1. The van der Waals surface area contributed by atoms with Crippen molar-refractivity contribution in [2.75, 3.05) is 11.9 Å². The quantitative estimate of drug-likeness (QED) is 0.865. The van der Waals surface area contributed by atoms with Crippen LogP contribution < -0.4 is 5.32 Å². The average Bonchev–Trinajstić information content (AvgIpc) is 2.41. The summed E-state index contributed by atoms with van der Waals surface area (Å²) in [6.45, 7) is 0.738. The van der Waals surface area contributed by atoms with Crippen LogP contribution in [-0.2, 0) is 20.7 Å². The van der Waals surface area contributed by atoms with Gasteiger partial charge in [0.05, 0.1) is 18.9 Å². The lowest BCUT2D eigenvalue weighted by molar-refractivity contribution is -0.136. The van der Waals surface area contributed by atoms with Crippen molar-refractivity contribution in [3.05, 3.63) is 29.8 Å². The number of benzene rings is 1. The van der Waals surface area contributed by atoms with E-state index in [9.17, 15) is 9.59 Å². The second-order valence-electron chi connectivity index (χ2n) is 5.01. The van der Waals surface area contributed by atoms with Crippen LogP contribution in [0.5, 0.6) is 0 Å². The zero-order chi connectivity index (χ0) is 14.4. The number of carbonyl (C=O) groups excluding carboxylic acids is 1. The maximum atomic E-state index is 11.9. The van der Waals surface area contributed by atoms with Gasteiger partial charge in [0.1, 0.15) is 0 Å². The van der Waals surface area contributed by atoms with Gasteiger partial charge in [0, 0.05) is 12.3 Å². The lowest BCUT2D eigenvalue weighted by Gasteiger charge is -2.21. The molecule has 2 N–H and O–H groups in total. The summed E-state index contributed by atoms with van der Waals surface area (Å²) in [6, 6.07) is 6.86. The maximum Gasteiger partial charge on any atom is 0.307 e. The van der Waals surface area contributed by atoms with E-state index in [1.165, 1.54) is 0 Å². The number of ether oxygens (including phenoxy) is 1. The van der Waals surface area contributed by atoms with E-state index in [-0.39, 0.29) is 18.4 Å². The molecule has 1 atom stereocenters. The minimum absolute atomic E-state index is 0.00978. The molecule has 0 aromatic heterocycles. The van der Waals surface area contributed by atoms with Crippen LogP contribution in [0.2, 0.25) is 0 Å². The zero-order valence-corrected chi connectivity index (χ0v) is 11.3. The highest BCUT2D eigenvalue weighted by molar-refractivity contribution is 5.91. The molecular weight excluding hydrogens is 258 g/mol.